The molecule has 0 saturated carbocycles. The summed E-state index contributed by atoms with van der Waals surface area (Å²) in [6, 6.07) is 5.18. The van der Waals surface area contributed by atoms with Gasteiger partial charge in [0.2, 0.25) is 5.91 Å². The number of aryl methyl sites for hydroxylation is 1. The topological polar surface area (TPSA) is 79.3 Å². The zero-order valence-electron chi connectivity index (χ0n) is 13.9. The van der Waals surface area contributed by atoms with Gasteiger partial charge in [-0.25, -0.2) is 14.2 Å². The number of benzene rings is 1. The van der Waals surface area contributed by atoms with Crippen LogP contribution in [0.15, 0.2) is 36.7 Å². The van der Waals surface area contributed by atoms with E-state index >= 15 is 0 Å². The van der Waals surface area contributed by atoms with Gasteiger partial charge in [-0.15, -0.1) is 0 Å². The first-order valence-electron chi connectivity index (χ1n) is 8.09. The fourth-order valence-electron chi connectivity index (χ4n) is 2.82. The molecule has 1 fully saturated rings. The number of hydrogen-bond donors (Lipinski definition) is 2. The summed E-state index contributed by atoms with van der Waals surface area (Å²) in [5.41, 5.74) is 0.603. The Kier molecular flexibility index (Phi) is 4.97. The molecule has 7 nitrogen and oxygen atoms in total. The van der Waals surface area contributed by atoms with Gasteiger partial charge in [0.15, 0.2) is 0 Å². The molecule has 0 unspecified atom stereocenters. The molecule has 0 aliphatic carbocycles. The van der Waals surface area contributed by atoms with Crippen LogP contribution in [-0.4, -0.2) is 46.0 Å². The summed E-state index contributed by atoms with van der Waals surface area (Å²) in [4.78, 5) is 30.0. The largest absolute Gasteiger partial charge is 0.354 e. The lowest BCUT2D eigenvalue weighted by Crippen LogP contribution is -2.44. The molecule has 3 rings (SSSR count). The number of rotatable bonds is 3. The Morgan fingerprint density at radius 1 is 1.40 bits per heavy atom. The van der Waals surface area contributed by atoms with E-state index in [9.17, 15) is 14.0 Å². The predicted molar refractivity (Wildman–Crippen MR) is 89.2 cm³/mol. The van der Waals surface area contributed by atoms with Gasteiger partial charge in [0.25, 0.3) is 0 Å². The highest BCUT2D eigenvalue weighted by molar-refractivity contribution is 5.79. The third kappa shape index (κ3) is 3.96. The first kappa shape index (κ1) is 16.9. The van der Waals surface area contributed by atoms with Gasteiger partial charge in [-0.1, -0.05) is 12.1 Å². The Labute approximate surface area is 144 Å². The number of aromatic nitrogens is 2. The van der Waals surface area contributed by atoms with E-state index in [4.69, 9.17) is 0 Å². The maximum absolute atomic E-state index is 13.7. The molecule has 0 radical (unpaired) electrons. The van der Waals surface area contributed by atoms with Crippen LogP contribution in [-0.2, 0) is 11.8 Å². The fourth-order valence-corrected chi connectivity index (χ4v) is 2.82. The Morgan fingerprint density at radius 3 is 2.96 bits per heavy atom. The number of nitrogens with zero attached hydrogens (tertiary/aromatic N) is 3. The van der Waals surface area contributed by atoms with Crippen molar-refractivity contribution >= 4 is 11.9 Å². The molecule has 2 heterocycles. The van der Waals surface area contributed by atoms with Gasteiger partial charge in [-0.3, -0.25) is 4.79 Å². The second-order valence-corrected chi connectivity index (χ2v) is 5.92. The smallest absolute Gasteiger partial charge is 0.318 e. The molecule has 1 atom stereocenters. The van der Waals surface area contributed by atoms with Crippen LogP contribution in [0.2, 0.25) is 0 Å². The van der Waals surface area contributed by atoms with E-state index in [0.29, 0.717) is 31.0 Å². The molecular weight excluding hydrogens is 325 g/mol. The first-order chi connectivity index (χ1) is 12.0. The number of amides is 3. The van der Waals surface area contributed by atoms with Gasteiger partial charge in [-0.05, 0) is 17.7 Å². The molecule has 132 valence electrons. The average Bonchev–Trinajstić information content (AvgIpc) is 2.88. The average molecular weight is 345 g/mol. The molecule has 25 heavy (non-hydrogen) atoms. The Bertz CT molecular complexity index is 776. The van der Waals surface area contributed by atoms with Crippen molar-refractivity contribution in [1.82, 2.24) is 25.1 Å². The van der Waals surface area contributed by atoms with E-state index in [2.05, 4.69) is 15.6 Å². The lowest BCUT2D eigenvalue weighted by atomic mass is 10.1. The monoisotopic (exact) mass is 345 g/mol. The highest BCUT2D eigenvalue weighted by Crippen LogP contribution is 2.21. The van der Waals surface area contributed by atoms with Gasteiger partial charge >= 0.3 is 6.03 Å². The molecule has 2 aromatic rings. The third-order valence-electron chi connectivity index (χ3n) is 4.17. The predicted octanol–water partition coefficient (Wildman–Crippen LogP) is 1.18. The molecule has 1 aliphatic heterocycles. The van der Waals surface area contributed by atoms with Crippen LogP contribution in [0.5, 0.6) is 0 Å². The molecular formula is C17H20FN5O2. The number of urea groups is 1. The van der Waals surface area contributed by atoms with Crippen molar-refractivity contribution in [2.24, 2.45) is 7.05 Å². The van der Waals surface area contributed by atoms with Crippen LogP contribution in [0.25, 0.3) is 0 Å². The van der Waals surface area contributed by atoms with Crippen LogP contribution < -0.4 is 10.6 Å². The summed E-state index contributed by atoms with van der Waals surface area (Å²) >= 11 is 0. The second-order valence-electron chi connectivity index (χ2n) is 5.92. The number of carbonyl (C=O) groups is 2. The Balaban J connectivity index is 1.84. The van der Waals surface area contributed by atoms with E-state index in [-0.39, 0.29) is 24.2 Å². The molecule has 0 spiro atoms. The minimum Gasteiger partial charge on any atom is -0.354 e. The highest BCUT2D eigenvalue weighted by Gasteiger charge is 2.25. The van der Waals surface area contributed by atoms with Crippen LogP contribution >= 0.6 is 0 Å². The molecule has 1 aromatic carbocycles. The van der Waals surface area contributed by atoms with Crippen molar-refractivity contribution in [3.05, 3.63) is 53.9 Å². The van der Waals surface area contributed by atoms with Gasteiger partial charge < -0.3 is 20.1 Å². The van der Waals surface area contributed by atoms with Crippen LogP contribution in [0.4, 0.5) is 9.18 Å². The normalized spacial score (nSPS) is 16.1. The third-order valence-corrected chi connectivity index (χ3v) is 4.17. The number of carbonyl (C=O) groups excluding carboxylic acids is 2. The van der Waals surface area contributed by atoms with Crippen LogP contribution in [0, 0.1) is 5.82 Å². The minimum atomic E-state index is -0.588. The van der Waals surface area contributed by atoms with Gasteiger partial charge in [0.05, 0.1) is 0 Å². The SMILES string of the molecule is Cn1ccnc1[C@H](NC(=O)N1CCNC(=O)CC1)c1cccc(F)c1. The lowest BCUT2D eigenvalue weighted by Gasteiger charge is -2.25. The number of imidazole rings is 1. The number of halogens is 1. The zero-order chi connectivity index (χ0) is 17.8. The van der Waals surface area contributed by atoms with E-state index in [0.717, 1.165) is 0 Å². The van der Waals surface area contributed by atoms with E-state index in [1.54, 1.807) is 34.0 Å². The summed E-state index contributed by atoms with van der Waals surface area (Å²) < 4.78 is 15.4. The molecule has 1 aliphatic rings. The number of nitrogens with one attached hydrogen (secondary N) is 2. The molecule has 8 heteroatoms. The van der Waals surface area contributed by atoms with Crippen LogP contribution in [0.1, 0.15) is 23.9 Å². The highest BCUT2D eigenvalue weighted by atomic mass is 19.1. The zero-order valence-corrected chi connectivity index (χ0v) is 13.9. The summed E-state index contributed by atoms with van der Waals surface area (Å²) in [7, 11) is 1.81. The maximum Gasteiger partial charge on any atom is 0.318 e. The Morgan fingerprint density at radius 2 is 2.24 bits per heavy atom. The molecule has 2 N–H and O–H groups in total. The Hall–Kier alpha value is -2.90. The quantitative estimate of drug-likeness (QED) is 0.877. The fraction of sp³-hybridized carbons (Fsp3) is 0.353. The van der Waals surface area contributed by atoms with Crippen molar-refractivity contribution < 1.29 is 14.0 Å². The summed E-state index contributed by atoms with van der Waals surface area (Å²) in [5.74, 6) is 0.152. The summed E-state index contributed by atoms with van der Waals surface area (Å²) in [6.45, 7) is 1.18. The number of hydrogen-bond acceptors (Lipinski definition) is 3. The van der Waals surface area contributed by atoms with Crippen molar-refractivity contribution in [2.75, 3.05) is 19.6 Å². The maximum atomic E-state index is 13.7. The summed E-state index contributed by atoms with van der Waals surface area (Å²) in [6.07, 6.45) is 3.66. The molecule has 3 amide bonds. The van der Waals surface area contributed by atoms with Crippen molar-refractivity contribution in [2.45, 2.75) is 12.5 Å². The van der Waals surface area contributed by atoms with Crippen molar-refractivity contribution in [1.29, 1.82) is 0 Å². The second kappa shape index (κ2) is 7.33. The molecule has 1 saturated heterocycles. The lowest BCUT2D eigenvalue weighted by molar-refractivity contribution is -0.120. The standard InChI is InChI=1S/C17H20FN5O2/c1-22-9-6-20-16(22)15(12-3-2-4-13(18)11-12)21-17(25)23-8-5-14(24)19-7-10-23/h2-4,6,9,11,15H,5,7-8,10H2,1H3,(H,19,24)(H,21,25)/t15-/m1/s1. The van der Waals surface area contributed by atoms with E-state index in [1.807, 2.05) is 7.05 Å². The van der Waals surface area contributed by atoms with E-state index in [1.165, 1.54) is 12.1 Å². The minimum absolute atomic E-state index is 0.0684. The van der Waals surface area contributed by atoms with Crippen molar-refractivity contribution in [3.63, 3.8) is 0 Å². The molecule has 0 bridgehead atoms. The van der Waals surface area contributed by atoms with Gasteiger partial charge in [0.1, 0.15) is 17.7 Å². The van der Waals surface area contributed by atoms with Crippen LogP contribution in [0.3, 0.4) is 0 Å². The first-order valence-corrected chi connectivity index (χ1v) is 8.09. The van der Waals surface area contributed by atoms with Gasteiger partial charge in [0, 0.05) is 45.5 Å². The molecule has 1 aromatic heterocycles. The van der Waals surface area contributed by atoms with E-state index < -0.39 is 6.04 Å². The van der Waals surface area contributed by atoms with Crippen molar-refractivity contribution in [3.8, 4) is 0 Å². The summed E-state index contributed by atoms with van der Waals surface area (Å²) in [5, 5.41) is 5.65. The van der Waals surface area contributed by atoms with Gasteiger partial charge in [-0.2, -0.15) is 0 Å².